The maximum Gasteiger partial charge on any atom is 0.241 e. The average Bonchev–Trinajstić information content (AvgIpc) is 2.41. The predicted molar refractivity (Wildman–Crippen MR) is 98.4 cm³/mol. The summed E-state index contributed by atoms with van der Waals surface area (Å²) in [6, 6.07) is 3.30. The molecule has 1 heterocycles. The van der Waals surface area contributed by atoms with Gasteiger partial charge in [-0.05, 0) is 38.3 Å². The number of hydrogen-bond acceptors (Lipinski definition) is 4. The van der Waals surface area contributed by atoms with Crippen LogP contribution in [0.15, 0.2) is 18.3 Å². The number of carbonyl (C=O) groups excluding carboxylic acids is 1. The molecule has 1 atom stereocenters. The molecule has 0 saturated heterocycles. The molecule has 0 saturated carbocycles. The maximum absolute atomic E-state index is 11.9. The molecule has 0 aliphatic heterocycles. The Bertz CT molecular complexity index is 422. The Morgan fingerprint density at radius 2 is 1.86 bits per heavy atom. The summed E-state index contributed by atoms with van der Waals surface area (Å²) >= 11 is 0. The van der Waals surface area contributed by atoms with Crippen LogP contribution >= 0.6 is 24.8 Å². The number of anilines is 2. The third-order valence-corrected chi connectivity index (χ3v) is 3.16. The molecule has 22 heavy (non-hydrogen) atoms. The van der Waals surface area contributed by atoms with Crippen LogP contribution < -0.4 is 16.0 Å². The zero-order valence-electron chi connectivity index (χ0n) is 13.7. The number of rotatable bonds is 7. The van der Waals surface area contributed by atoms with Crippen LogP contribution in [0.3, 0.4) is 0 Å². The fraction of sp³-hybridized carbons (Fsp3) is 0.600. The van der Waals surface area contributed by atoms with E-state index < -0.39 is 6.04 Å². The summed E-state index contributed by atoms with van der Waals surface area (Å²) in [5.74, 6) is 1.16. The number of nitrogens with one attached hydrogen (secondary N) is 1. The van der Waals surface area contributed by atoms with Gasteiger partial charge in [-0.1, -0.05) is 13.8 Å². The number of hydrogen-bond donors (Lipinski definition) is 2. The smallest absolute Gasteiger partial charge is 0.241 e. The quantitative estimate of drug-likeness (QED) is 0.792. The van der Waals surface area contributed by atoms with Crippen LogP contribution in [-0.4, -0.2) is 30.0 Å². The van der Waals surface area contributed by atoms with E-state index in [9.17, 15) is 4.79 Å². The van der Waals surface area contributed by atoms with Crippen molar-refractivity contribution in [3.8, 4) is 0 Å². The molecule has 0 bridgehead atoms. The number of amides is 1. The Hall–Kier alpha value is -1.04. The number of pyridine rings is 1. The summed E-state index contributed by atoms with van der Waals surface area (Å²) in [5.41, 5.74) is 6.53. The molecule has 7 heteroatoms. The van der Waals surface area contributed by atoms with E-state index in [-0.39, 0.29) is 30.7 Å². The van der Waals surface area contributed by atoms with Crippen LogP contribution in [0.2, 0.25) is 0 Å². The summed E-state index contributed by atoms with van der Waals surface area (Å²) in [7, 11) is 0. The first kappa shape index (κ1) is 23.2. The zero-order chi connectivity index (χ0) is 15.1. The lowest BCUT2D eigenvalue weighted by molar-refractivity contribution is -0.117. The standard InChI is InChI=1S/C15H26N4O.2ClH/c1-5-19(6-2)14-8-7-12(10-17-14)18-15(20)13(16)9-11(3)4;;/h7-8,10-11,13H,5-6,9,16H2,1-4H3,(H,18,20);2*1H/t13-;;/m0../s1. The Labute approximate surface area is 145 Å². The van der Waals surface area contributed by atoms with E-state index in [4.69, 9.17) is 5.73 Å². The largest absolute Gasteiger partial charge is 0.357 e. The molecule has 3 N–H and O–H groups in total. The second-order valence-corrected chi connectivity index (χ2v) is 5.30. The van der Waals surface area contributed by atoms with Crippen molar-refractivity contribution in [3.05, 3.63) is 18.3 Å². The third kappa shape index (κ3) is 7.29. The Morgan fingerprint density at radius 1 is 1.27 bits per heavy atom. The van der Waals surface area contributed by atoms with E-state index in [1.54, 1.807) is 6.20 Å². The van der Waals surface area contributed by atoms with Gasteiger partial charge in [0.25, 0.3) is 0 Å². The average molecular weight is 351 g/mol. The fourth-order valence-corrected chi connectivity index (χ4v) is 2.04. The molecule has 1 aromatic rings. The van der Waals surface area contributed by atoms with E-state index in [0.29, 0.717) is 18.0 Å². The molecule has 0 aliphatic carbocycles. The van der Waals surface area contributed by atoms with Crippen LogP contribution in [0.25, 0.3) is 0 Å². The first-order chi connectivity index (χ1) is 9.47. The summed E-state index contributed by atoms with van der Waals surface area (Å²) in [6.07, 6.45) is 2.35. The molecule has 1 amide bonds. The monoisotopic (exact) mass is 350 g/mol. The van der Waals surface area contributed by atoms with Gasteiger partial charge in [-0.15, -0.1) is 24.8 Å². The molecule has 0 aliphatic rings. The maximum atomic E-state index is 11.9. The molecule has 128 valence electrons. The molecule has 1 rings (SSSR count). The van der Waals surface area contributed by atoms with Gasteiger partial charge in [-0.3, -0.25) is 4.79 Å². The topological polar surface area (TPSA) is 71.2 Å². The van der Waals surface area contributed by atoms with Gasteiger partial charge < -0.3 is 16.0 Å². The zero-order valence-corrected chi connectivity index (χ0v) is 15.3. The molecule has 0 spiro atoms. The van der Waals surface area contributed by atoms with E-state index in [1.165, 1.54) is 0 Å². The molecule has 0 radical (unpaired) electrons. The Kier molecular flexibility index (Phi) is 12.2. The van der Waals surface area contributed by atoms with Gasteiger partial charge in [0.15, 0.2) is 0 Å². The first-order valence-corrected chi connectivity index (χ1v) is 7.25. The lowest BCUT2D eigenvalue weighted by atomic mass is 10.0. The minimum Gasteiger partial charge on any atom is -0.357 e. The number of carbonyl (C=O) groups is 1. The van der Waals surface area contributed by atoms with Gasteiger partial charge >= 0.3 is 0 Å². The van der Waals surface area contributed by atoms with Gasteiger partial charge in [0.1, 0.15) is 5.82 Å². The Morgan fingerprint density at radius 3 is 2.27 bits per heavy atom. The van der Waals surface area contributed by atoms with Gasteiger partial charge in [0, 0.05) is 13.1 Å². The van der Waals surface area contributed by atoms with Crippen molar-refractivity contribution in [2.45, 2.75) is 40.2 Å². The molecular formula is C15H28Cl2N4O. The van der Waals surface area contributed by atoms with E-state index in [1.807, 2.05) is 26.0 Å². The Balaban J connectivity index is 0. The van der Waals surface area contributed by atoms with Gasteiger partial charge in [0.2, 0.25) is 5.91 Å². The lowest BCUT2D eigenvalue weighted by Gasteiger charge is -2.20. The van der Waals surface area contributed by atoms with Crippen molar-refractivity contribution in [1.82, 2.24) is 4.98 Å². The van der Waals surface area contributed by atoms with Gasteiger partial charge in [-0.2, -0.15) is 0 Å². The summed E-state index contributed by atoms with van der Waals surface area (Å²) < 4.78 is 0. The number of halogens is 2. The number of nitrogens with zero attached hydrogens (tertiary/aromatic N) is 2. The molecule has 5 nitrogen and oxygen atoms in total. The van der Waals surface area contributed by atoms with Crippen molar-refractivity contribution in [2.24, 2.45) is 11.7 Å². The summed E-state index contributed by atoms with van der Waals surface area (Å²) in [4.78, 5) is 18.4. The number of nitrogens with two attached hydrogens (primary N) is 1. The highest BCUT2D eigenvalue weighted by atomic mass is 35.5. The number of aromatic nitrogens is 1. The van der Waals surface area contributed by atoms with Crippen molar-refractivity contribution in [2.75, 3.05) is 23.3 Å². The van der Waals surface area contributed by atoms with Crippen molar-refractivity contribution in [3.63, 3.8) is 0 Å². The highest BCUT2D eigenvalue weighted by Gasteiger charge is 2.15. The van der Waals surface area contributed by atoms with Crippen molar-refractivity contribution >= 4 is 42.2 Å². The summed E-state index contributed by atoms with van der Waals surface area (Å²) in [6.45, 7) is 10.1. The lowest BCUT2D eigenvalue weighted by Crippen LogP contribution is -2.36. The minimum atomic E-state index is -0.475. The van der Waals surface area contributed by atoms with E-state index >= 15 is 0 Å². The second kappa shape index (κ2) is 11.5. The van der Waals surface area contributed by atoms with Crippen LogP contribution in [0.1, 0.15) is 34.1 Å². The molecule has 1 aromatic heterocycles. The first-order valence-electron chi connectivity index (χ1n) is 7.25. The van der Waals surface area contributed by atoms with Crippen LogP contribution in [0, 0.1) is 5.92 Å². The van der Waals surface area contributed by atoms with Crippen molar-refractivity contribution < 1.29 is 4.79 Å². The third-order valence-electron chi connectivity index (χ3n) is 3.16. The molecular weight excluding hydrogens is 323 g/mol. The highest BCUT2D eigenvalue weighted by Crippen LogP contribution is 2.14. The normalized spacial score (nSPS) is 11.2. The van der Waals surface area contributed by atoms with Gasteiger partial charge in [-0.25, -0.2) is 4.98 Å². The molecule has 0 unspecified atom stereocenters. The minimum absolute atomic E-state index is 0. The van der Waals surface area contributed by atoms with Crippen LogP contribution in [0.5, 0.6) is 0 Å². The predicted octanol–water partition coefficient (Wildman–Crippen LogP) is 3.08. The van der Waals surface area contributed by atoms with Gasteiger partial charge in [0.05, 0.1) is 17.9 Å². The second-order valence-electron chi connectivity index (χ2n) is 5.30. The fourth-order valence-electron chi connectivity index (χ4n) is 2.04. The highest BCUT2D eigenvalue weighted by molar-refractivity contribution is 5.94. The van der Waals surface area contributed by atoms with E-state index in [0.717, 1.165) is 18.9 Å². The van der Waals surface area contributed by atoms with Crippen LogP contribution in [-0.2, 0) is 4.79 Å². The summed E-state index contributed by atoms with van der Waals surface area (Å²) in [5, 5.41) is 2.80. The molecule has 0 fully saturated rings. The van der Waals surface area contributed by atoms with Crippen LogP contribution in [0.4, 0.5) is 11.5 Å². The van der Waals surface area contributed by atoms with Crippen molar-refractivity contribution in [1.29, 1.82) is 0 Å². The SMILES string of the molecule is CCN(CC)c1ccc(NC(=O)[C@@H](N)CC(C)C)cn1.Cl.Cl. The molecule has 0 aromatic carbocycles. The van der Waals surface area contributed by atoms with E-state index in [2.05, 4.69) is 29.0 Å².